The Hall–Kier alpha value is -1.13. The fourth-order valence-electron chi connectivity index (χ4n) is 1.48. The molecule has 1 aromatic heterocycles. The van der Waals surface area contributed by atoms with Gasteiger partial charge in [0, 0.05) is 12.1 Å². The molecule has 0 aliphatic carbocycles. The van der Waals surface area contributed by atoms with E-state index in [0.717, 1.165) is 21.4 Å². The molecule has 1 aromatic carbocycles. The molecular formula is C11H12BrN3. The summed E-state index contributed by atoms with van der Waals surface area (Å²) in [4.78, 5) is 0. The number of H-pyrrole nitrogens is 1. The number of nitrogens with zero attached hydrogens (tertiary/aromatic N) is 1. The summed E-state index contributed by atoms with van der Waals surface area (Å²) in [5.74, 6) is 0. The Kier molecular flexibility index (Phi) is 2.88. The van der Waals surface area contributed by atoms with Gasteiger partial charge in [0.15, 0.2) is 0 Å². The highest BCUT2D eigenvalue weighted by Gasteiger charge is 2.10. The highest BCUT2D eigenvalue weighted by Crippen LogP contribution is 2.28. The maximum atomic E-state index is 5.57. The number of hydrogen-bond donors (Lipinski definition) is 2. The van der Waals surface area contributed by atoms with E-state index in [9.17, 15) is 0 Å². The first-order valence-electron chi connectivity index (χ1n) is 4.72. The van der Waals surface area contributed by atoms with Crippen molar-refractivity contribution in [3.63, 3.8) is 0 Å². The summed E-state index contributed by atoms with van der Waals surface area (Å²) >= 11 is 3.50. The number of hydrogen-bond acceptors (Lipinski definition) is 2. The Bertz CT molecular complexity index is 476. The Morgan fingerprint density at radius 2 is 2.27 bits per heavy atom. The van der Waals surface area contributed by atoms with Crippen LogP contribution in [0, 0.1) is 6.92 Å². The van der Waals surface area contributed by atoms with Crippen molar-refractivity contribution >= 4 is 15.9 Å². The minimum Gasteiger partial charge on any atom is -0.325 e. The zero-order valence-electron chi connectivity index (χ0n) is 8.42. The predicted molar refractivity (Wildman–Crippen MR) is 64.4 cm³/mol. The molecule has 0 saturated heterocycles. The Balaban J connectivity index is 2.49. The fourth-order valence-corrected chi connectivity index (χ4v) is 2.05. The highest BCUT2D eigenvalue weighted by molar-refractivity contribution is 9.10. The summed E-state index contributed by atoms with van der Waals surface area (Å²) in [6.45, 7) is 2.52. The largest absolute Gasteiger partial charge is 0.325 e. The molecular weight excluding hydrogens is 254 g/mol. The van der Waals surface area contributed by atoms with Gasteiger partial charge in [-0.2, -0.15) is 5.10 Å². The molecule has 0 spiro atoms. The van der Waals surface area contributed by atoms with Crippen LogP contribution in [0.2, 0.25) is 0 Å². The van der Waals surface area contributed by atoms with Crippen LogP contribution in [0.15, 0.2) is 28.7 Å². The first kappa shape index (κ1) is 10.4. The number of rotatable bonds is 2. The third kappa shape index (κ3) is 1.96. The van der Waals surface area contributed by atoms with E-state index in [1.54, 1.807) is 0 Å². The van der Waals surface area contributed by atoms with Gasteiger partial charge in [-0.3, -0.25) is 5.10 Å². The number of benzene rings is 1. The average Bonchev–Trinajstić information content (AvgIpc) is 2.59. The smallest absolute Gasteiger partial charge is 0.107 e. The number of aryl methyl sites for hydroxylation is 1. The first-order chi connectivity index (χ1) is 7.22. The Morgan fingerprint density at radius 3 is 2.87 bits per heavy atom. The molecule has 0 unspecified atom stereocenters. The number of nitrogens with one attached hydrogen (secondary N) is 1. The molecule has 0 bridgehead atoms. The molecule has 2 rings (SSSR count). The van der Waals surface area contributed by atoms with Crippen molar-refractivity contribution in [1.82, 2.24) is 10.2 Å². The van der Waals surface area contributed by atoms with Crippen molar-refractivity contribution in [2.24, 2.45) is 5.73 Å². The lowest BCUT2D eigenvalue weighted by Gasteiger charge is -1.99. The van der Waals surface area contributed by atoms with Crippen LogP contribution in [-0.2, 0) is 6.54 Å². The lowest BCUT2D eigenvalue weighted by Crippen LogP contribution is -1.96. The van der Waals surface area contributed by atoms with E-state index >= 15 is 0 Å². The van der Waals surface area contributed by atoms with Gasteiger partial charge >= 0.3 is 0 Å². The molecule has 0 atom stereocenters. The third-order valence-corrected chi connectivity index (χ3v) is 3.13. The second-order valence-electron chi connectivity index (χ2n) is 3.44. The first-order valence-corrected chi connectivity index (χ1v) is 5.51. The van der Waals surface area contributed by atoms with Crippen molar-refractivity contribution in [3.8, 4) is 11.3 Å². The molecule has 1 heterocycles. The second kappa shape index (κ2) is 4.16. The third-order valence-electron chi connectivity index (χ3n) is 2.27. The van der Waals surface area contributed by atoms with E-state index in [1.165, 1.54) is 5.56 Å². The van der Waals surface area contributed by atoms with E-state index in [-0.39, 0.29) is 0 Å². The van der Waals surface area contributed by atoms with Crippen molar-refractivity contribution in [2.45, 2.75) is 13.5 Å². The van der Waals surface area contributed by atoms with Gasteiger partial charge in [-0.25, -0.2) is 0 Å². The number of aromatic amines is 1. The van der Waals surface area contributed by atoms with Crippen molar-refractivity contribution < 1.29 is 0 Å². The monoisotopic (exact) mass is 265 g/mol. The zero-order valence-corrected chi connectivity index (χ0v) is 10.0. The highest BCUT2D eigenvalue weighted by atomic mass is 79.9. The van der Waals surface area contributed by atoms with Crippen LogP contribution in [0.1, 0.15) is 11.3 Å². The van der Waals surface area contributed by atoms with Crippen molar-refractivity contribution in [1.29, 1.82) is 0 Å². The quantitative estimate of drug-likeness (QED) is 0.877. The summed E-state index contributed by atoms with van der Waals surface area (Å²) in [5, 5.41) is 7.17. The fraction of sp³-hybridized carbons (Fsp3) is 0.182. The van der Waals surface area contributed by atoms with E-state index in [0.29, 0.717) is 6.54 Å². The van der Waals surface area contributed by atoms with Gasteiger partial charge in [0.25, 0.3) is 0 Å². The van der Waals surface area contributed by atoms with E-state index in [4.69, 9.17) is 5.73 Å². The summed E-state index contributed by atoms with van der Waals surface area (Å²) in [7, 11) is 0. The molecule has 78 valence electrons. The summed E-state index contributed by atoms with van der Waals surface area (Å²) < 4.78 is 0.954. The molecule has 2 aromatic rings. The van der Waals surface area contributed by atoms with Crippen LogP contribution < -0.4 is 5.73 Å². The summed E-state index contributed by atoms with van der Waals surface area (Å²) in [5.41, 5.74) is 9.72. The predicted octanol–water partition coefficient (Wildman–Crippen LogP) is 2.61. The number of halogens is 1. The van der Waals surface area contributed by atoms with Gasteiger partial charge in [0.2, 0.25) is 0 Å². The maximum absolute atomic E-state index is 5.57. The van der Waals surface area contributed by atoms with Gasteiger partial charge in [0.05, 0.1) is 10.2 Å². The molecule has 3 nitrogen and oxygen atoms in total. The van der Waals surface area contributed by atoms with Crippen molar-refractivity contribution in [3.05, 3.63) is 40.0 Å². The van der Waals surface area contributed by atoms with Gasteiger partial charge in [0.1, 0.15) is 5.69 Å². The SMILES string of the molecule is Cc1cccc(-c2n[nH]c(CN)c2Br)c1. The molecule has 15 heavy (non-hydrogen) atoms. The van der Waals surface area contributed by atoms with Crippen LogP contribution in [0.25, 0.3) is 11.3 Å². The Labute approximate surface area is 96.8 Å². The molecule has 0 aliphatic heterocycles. The van der Waals surface area contributed by atoms with Crippen LogP contribution in [-0.4, -0.2) is 10.2 Å². The van der Waals surface area contributed by atoms with Crippen LogP contribution >= 0.6 is 15.9 Å². The molecule has 0 fully saturated rings. The maximum Gasteiger partial charge on any atom is 0.107 e. The molecule has 3 N–H and O–H groups in total. The standard InChI is InChI=1S/C11H12BrN3/c1-7-3-2-4-8(5-7)11-10(12)9(6-13)14-15-11/h2-5H,6,13H2,1H3,(H,14,15). The molecule has 0 radical (unpaired) electrons. The molecule has 0 saturated carbocycles. The van der Waals surface area contributed by atoms with E-state index in [1.807, 2.05) is 12.1 Å². The summed E-state index contributed by atoms with van der Waals surface area (Å²) in [6.07, 6.45) is 0. The Morgan fingerprint density at radius 1 is 1.47 bits per heavy atom. The van der Waals surface area contributed by atoms with Crippen LogP contribution in [0.5, 0.6) is 0 Å². The average molecular weight is 266 g/mol. The van der Waals surface area contributed by atoms with Crippen molar-refractivity contribution in [2.75, 3.05) is 0 Å². The van der Waals surface area contributed by atoms with Gasteiger partial charge < -0.3 is 5.73 Å². The van der Waals surface area contributed by atoms with Crippen LogP contribution in [0.4, 0.5) is 0 Å². The second-order valence-corrected chi connectivity index (χ2v) is 4.23. The van der Waals surface area contributed by atoms with Gasteiger partial charge in [-0.15, -0.1) is 0 Å². The number of nitrogens with two attached hydrogens (primary N) is 1. The zero-order chi connectivity index (χ0) is 10.8. The number of aromatic nitrogens is 2. The van der Waals surface area contributed by atoms with E-state index < -0.39 is 0 Å². The van der Waals surface area contributed by atoms with Crippen LogP contribution in [0.3, 0.4) is 0 Å². The summed E-state index contributed by atoms with van der Waals surface area (Å²) in [6, 6.07) is 8.22. The lowest BCUT2D eigenvalue weighted by molar-refractivity contribution is 0.945. The molecule has 0 amide bonds. The van der Waals surface area contributed by atoms with E-state index in [2.05, 4.69) is 45.2 Å². The van der Waals surface area contributed by atoms with Gasteiger partial charge in [-0.1, -0.05) is 23.8 Å². The molecule has 0 aliphatic rings. The lowest BCUT2D eigenvalue weighted by atomic mass is 10.1. The minimum atomic E-state index is 0.458. The molecule has 4 heteroatoms. The topological polar surface area (TPSA) is 54.7 Å². The minimum absolute atomic E-state index is 0.458. The normalized spacial score (nSPS) is 10.6. The van der Waals surface area contributed by atoms with Gasteiger partial charge in [-0.05, 0) is 28.9 Å².